The van der Waals surface area contributed by atoms with Gasteiger partial charge in [0, 0.05) is 0 Å². The number of ether oxygens (including phenoxy) is 1. The number of hydrogen-bond acceptors (Lipinski definition) is 5. The maximum absolute atomic E-state index is 13.0. The summed E-state index contributed by atoms with van der Waals surface area (Å²) in [5, 5.41) is 2.87. The van der Waals surface area contributed by atoms with E-state index < -0.39 is 17.4 Å². The quantitative estimate of drug-likeness (QED) is 0.822. The van der Waals surface area contributed by atoms with Crippen molar-refractivity contribution < 1.29 is 23.2 Å². The number of nitrogens with one attached hydrogen (secondary N) is 1. The fraction of sp³-hybridized carbons (Fsp3) is 0.368. The fourth-order valence-electron chi connectivity index (χ4n) is 4.31. The van der Waals surface area contributed by atoms with Gasteiger partial charge in [-0.1, -0.05) is 12.2 Å². The third-order valence-electron chi connectivity index (χ3n) is 5.43. The molecule has 4 atom stereocenters. The number of hydrogen-bond donors (Lipinski definition) is 1. The Morgan fingerprint density at radius 1 is 1.23 bits per heavy atom. The summed E-state index contributed by atoms with van der Waals surface area (Å²) in [4.78, 5) is 27.5. The van der Waals surface area contributed by atoms with Gasteiger partial charge < -0.3 is 23.8 Å². The molecule has 3 aliphatic rings. The molecule has 2 aromatic heterocycles. The maximum atomic E-state index is 13.0. The lowest BCUT2D eigenvalue weighted by Crippen LogP contribution is -2.43. The van der Waals surface area contributed by atoms with Crippen LogP contribution in [0.1, 0.15) is 11.5 Å². The number of likely N-dealkylation sites (tertiary alicyclic amines) is 1. The van der Waals surface area contributed by atoms with Gasteiger partial charge in [-0.15, -0.1) is 0 Å². The van der Waals surface area contributed by atoms with E-state index in [9.17, 15) is 9.59 Å². The third-order valence-corrected chi connectivity index (χ3v) is 5.43. The van der Waals surface area contributed by atoms with Crippen LogP contribution in [0.3, 0.4) is 0 Å². The Morgan fingerprint density at radius 2 is 2.00 bits per heavy atom. The Hall–Kier alpha value is -2.80. The van der Waals surface area contributed by atoms with Crippen molar-refractivity contribution in [1.82, 2.24) is 10.2 Å². The molecule has 2 fully saturated rings. The van der Waals surface area contributed by atoms with Gasteiger partial charge in [0.05, 0.1) is 50.1 Å². The van der Waals surface area contributed by atoms with Crippen LogP contribution in [-0.2, 0) is 27.4 Å². The summed E-state index contributed by atoms with van der Waals surface area (Å²) in [7, 11) is 0. The summed E-state index contributed by atoms with van der Waals surface area (Å²) in [6.45, 7) is 1.11. The number of nitrogens with zero attached hydrogens (tertiary/aromatic N) is 1. The molecule has 2 aromatic rings. The summed E-state index contributed by atoms with van der Waals surface area (Å²) < 4.78 is 16.7. The molecular weight excluding hydrogens is 336 g/mol. The highest BCUT2D eigenvalue weighted by Crippen LogP contribution is 2.52. The van der Waals surface area contributed by atoms with Crippen LogP contribution in [0.25, 0.3) is 0 Å². The van der Waals surface area contributed by atoms with Crippen molar-refractivity contribution in [3.8, 4) is 0 Å². The summed E-state index contributed by atoms with van der Waals surface area (Å²) >= 11 is 0. The molecule has 0 unspecified atom stereocenters. The third kappa shape index (κ3) is 2.24. The Kier molecular flexibility index (Phi) is 3.33. The van der Waals surface area contributed by atoms with Crippen molar-refractivity contribution in [2.45, 2.75) is 24.8 Å². The highest BCUT2D eigenvalue weighted by molar-refractivity contribution is 5.92. The molecule has 7 heteroatoms. The lowest BCUT2D eigenvalue weighted by molar-refractivity contribution is -0.138. The summed E-state index contributed by atoms with van der Waals surface area (Å²) in [5.41, 5.74) is -0.707. The van der Waals surface area contributed by atoms with Crippen LogP contribution in [0.5, 0.6) is 0 Å². The van der Waals surface area contributed by atoms with Gasteiger partial charge in [0.2, 0.25) is 11.8 Å². The molecule has 1 spiro atoms. The van der Waals surface area contributed by atoms with Crippen LogP contribution in [-0.4, -0.2) is 35.0 Å². The van der Waals surface area contributed by atoms with Crippen LogP contribution in [0.15, 0.2) is 57.8 Å². The van der Waals surface area contributed by atoms with Crippen molar-refractivity contribution >= 4 is 11.8 Å². The Morgan fingerprint density at radius 3 is 2.73 bits per heavy atom. The molecule has 0 aromatic carbocycles. The highest BCUT2D eigenvalue weighted by atomic mass is 16.5. The fourth-order valence-corrected chi connectivity index (χ4v) is 4.31. The first kappa shape index (κ1) is 15.5. The normalized spacial score (nSPS) is 31.6. The molecule has 5 rings (SSSR count). The number of furan rings is 2. The number of carbonyl (C=O) groups is 2. The predicted octanol–water partition coefficient (Wildman–Crippen LogP) is 1.47. The van der Waals surface area contributed by atoms with E-state index in [2.05, 4.69) is 5.32 Å². The molecule has 0 saturated carbocycles. The van der Waals surface area contributed by atoms with E-state index in [0.29, 0.717) is 31.2 Å². The van der Waals surface area contributed by atoms with Crippen LogP contribution in [0.4, 0.5) is 0 Å². The molecule has 26 heavy (non-hydrogen) atoms. The zero-order valence-corrected chi connectivity index (χ0v) is 14.0. The topological polar surface area (TPSA) is 84.9 Å². The molecule has 134 valence electrons. The van der Waals surface area contributed by atoms with Crippen LogP contribution in [0, 0.1) is 11.8 Å². The lowest BCUT2D eigenvalue weighted by Gasteiger charge is -2.23. The van der Waals surface area contributed by atoms with Gasteiger partial charge in [-0.2, -0.15) is 0 Å². The molecule has 7 nitrogen and oxygen atoms in total. The van der Waals surface area contributed by atoms with Gasteiger partial charge in [-0.05, 0) is 24.3 Å². The summed E-state index contributed by atoms with van der Waals surface area (Å²) in [5.74, 6) is 0.118. The minimum absolute atomic E-state index is 0.0635. The Labute approximate surface area is 149 Å². The first-order chi connectivity index (χ1) is 12.7. The van der Waals surface area contributed by atoms with E-state index in [4.69, 9.17) is 13.6 Å². The minimum Gasteiger partial charge on any atom is -0.467 e. The largest absolute Gasteiger partial charge is 0.467 e. The Balaban J connectivity index is 1.35. The van der Waals surface area contributed by atoms with E-state index in [0.717, 1.165) is 0 Å². The van der Waals surface area contributed by atoms with Crippen LogP contribution in [0.2, 0.25) is 0 Å². The van der Waals surface area contributed by atoms with E-state index in [1.807, 2.05) is 18.2 Å². The van der Waals surface area contributed by atoms with E-state index in [-0.39, 0.29) is 17.9 Å². The summed E-state index contributed by atoms with van der Waals surface area (Å²) in [6.07, 6.45) is 6.64. The number of amides is 2. The second-order valence-electron chi connectivity index (χ2n) is 6.97. The van der Waals surface area contributed by atoms with Gasteiger partial charge in [0.15, 0.2) is 0 Å². The smallest absolute Gasteiger partial charge is 0.230 e. The number of fused-ring (bicyclic) bond motifs is 1. The average Bonchev–Trinajstić information content (AvgIpc) is 3.43. The average molecular weight is 354 g/mol. The lowest BCUT2D eigenvalue weighted by atomic mass is 9.77. The van der Waals surface area contributed by atoms with Gasteiger partial charge in [-0.3, -0.25) is 9.59 Å². The highest BCUT2D eigenvalue weighted by Gasteiger charge is 2.66. The van der Waals surface area contributed by atoms with E-state index >= 15 is 0 Å². The minimum atomic E-state index is -0.707. The zero-order chi connectivity index (χ0) is 17.7. The van der Waals surface area contributed by atoms with Gasteiger partial charge >= 0.3 is 0 Å². The molecule has 0 aliphatic carbocycles. The van der Waals surface area contributed by atoms with Crippen LogP contribution < -0.4 is 5.32 Å². The monoisotopic (exact) mass is 354 g/mol. The Bertz CT molecular complexity index is 857. The van der Waals surface area contributed by atoms with Crippen molar-refractivity contribution in [2.24, 2.45) is 11.8 Å². The van der Waals surface area contributed by atoms with Gasteiger partial charge in [0.25, 0.3) is 0 Å². The molecule has 1 N–H and O–H groups in total. The molecule has 2 bridgehead atoms. The molecule has 2 amide bonds. The van der Waals surface area contributed by atoms with Crippen molar-refractivity contribution in [3.05, 3.63) is 60.5 Å². The van der Waals surface area contributed by atoms with Crippen molar-refractivity contribution in [1.29, 1.82) is 0 Å². The molecule has 0 radical (unpaired) electrons. The second kappa shape index (κ2) is 5.60. The van der Waals surface area contributed by atoms with E-state index in [1.165, 1.54) is 0 Å². The molecule has 3 aliphatic heterocycles. The van der Waals surface area contributed by atoms with E-state index in [1.54, 1.807) is 35.6 Å². The van der Waals surface area contributed by atoms with Gasteiger partial charge in [-0.25, -0.2) is 0 Å². The molecule has 5 heterocycles. The molecule has 2 saturated heterocycles. The predicted molar refractivity (Wildman–Crippen MR) is 88.4 cm³/mol. The van der Waals surface area contributed by atoms with Crippen molar-refractivity contribution in [2.75, 3.05) is 6.54 Å². The summed E-state index contributed by atoms with van der Waals surface area (Å²) in [6, 6.07) is 7.19. The SMILES string of the molecule is O=C(NCc1ccco1)[C@@H]1[C@H]2C=C[C@@]3(CN(Cc4ccco4)C(=O)[C@@H]13)O2. The number of rotatable bonds is 5. The molecular formula is C19H18N2O5. The maximum Gasteiger partial charge on any atom is 0.230 e. The zero-order valence-electron chi connectivity index (χ0n) is 14.0. The first-order valence-electron chi connectivity index (χ1n) is 8.65. The van der Waals surface area contributed by atoms with Gasteiger partial charge in [0.1, 0.15) is 17.1 Å². The van der Waals surface area contributed by atoms with Crippen LogP contribution >= 0.6 is 0 Å². The number of carbonyl (C=O) groups excluding carboxylic acids is 2. The first-order valence-corrected chi connectivity index (χ1v) is 8.65. The second-order valence-corrected chi connectivity index (χ2v) is 6.97. The standard InChI is InChI=1S/C19H18N2O5/c22-17(20-9-12-3-1-7-24-12)15-14-5-6-19(26-14)11-21(18(23)16(15)19)10-13-4-2-8-25-13/h1-8,14-16H,9-11H2,(H,20,22)/t14-,15-,16-,19+/m1/s1. The van der Waals surface area contributed by atoms with Crippen molar-refractivity contribution in [3.63, 3.8) is 0 Å².